The van der Waals surface area contributed by atoms with E-state index in [-0.39, 0.29) is 0 Å². The molecule has 0 aliphatic carbocycles. The molecule has 0 bridgehead atoms. The third-order valence-electron chi connectivity index (χ3n) is 4.10. The Morgan fingerprint density at radius 3 is 2.79 bits per heavy atom. The first-order valence-corrected chi connectivity index (χ1v) is 6.20. The fourth-order valence-electron chi connectivity index (χ4n) is 3.38. The Kier molecular flexibility index (Phi) is 3.13. The molecule has 2 saturated heterocycles. The first kappa shape index (κ1) is 10.4. The Bertz CT molecular complexity index is 191. The Morgan fingerprint density at radius 2 is 2.14 bits per heavy atom. The molecule has 1 unspecified atom stereocenters. The van der Waals surface area contributed by atoms with Gasteiger partial charge in [0, 0.05) is 18.6 Å². The third kappa shape index (κ3) is 1.70. The molecular formula is C12H24N2. The van der Waals surface area contributed by atoms with Crippen molar-refractivity contribution in [3.05, 3.63) is 0 Å². The molecule has 82 valence electrons. The number of hydrogen-bond donors (Lipinski definition) is 1. The van der Waals surface area contributed by atoms with Crippen LogP contribution >= 0.6 is 0 Å². The van der Waals surface area contributed by atoms with E-state index in [1.54, 1.807) is 0 Å². The minimum absolute atomic E-state index is 0.805. The number of hydrogen-bond acceptors (Lipinski definition) is 2. The van der Waals surface area contributed by atoms with Crippen LogP contribution in [0.25, 0.3) is 0 Å². The van der Waals surface area contributed by atoms with E-state index in [1.807, 2.05) is 0 Å². The summed E-state index contributed by atoms with van der Waals surface area (Å²) in [4.78, 5) is 2.77. The highest BCUT2D eigenvalue weighted by Gasteiger charge is 2.40. The molecular weight excluding hydrogens is 172 g/mol. The van der Waals surface area contributed by atoms with E-state index in [0.29, 0.717) is 0 Å². The summed E-state index contributed by atoms with van der Waals surface area (Å²) in [5.41, 5.74) is 0. The molecule has 0 spiro atoms. The van der Waals surface area contributed by atoms with Gasteiger partial charge in [-0.25, -0.2) is 0 Å². The van der Waals surface area contributed by atoms with Crippen LogP contribution in [-0.2, 0) is 0 Å². The third-order valence-corrected chi connectivity index (χ3v) is 4.10. The maximum absolute atomic E-state index is 3.53. The lowest BCUT2D eigenvalue weighted by molar-refractivity contribution is 0.135. The van der Waals surface area contributed by atoms with Gasteiger partial charge in [0.25, 0.3) is 0 Å². The quantitative estimate of drug-likeness (QED) is 0.739. The molecule has 0 amide bonds. The van der Waals surface area contributed by atoms with Crippen molar-refractivity contribution in [2.24, 2.45) is 11.8 Å². The number of nitrogens with zero attached hydrogens (tertiary/aromatic N) is 1. The monoisotopic (exact) mass is 196 g/mol. The lowest BCUT2D eigenvalue weighted by Crippen LogP contribution is -2.44. The summed E-state index contributed by atoms with van der Waals surface area (Å²) in [5.74, 6) is 1.75. The van der Waals surface area contributed by atoms with Crippen LogP contribution in [0.5, 0.6) is 0 Å². The average Bonchev–Trinajstić information content (AvgIpc) is 2.69. The van der Waals surface area contributed by atoms with Crippen molar-refractivity contribution in [2.75, 3.05) is 19.6 Å². The molecule has 2 heterocycles. The van der Waals surface area contributed by atoms with Gasteiger partial charge in [-0.3, -0.25) is 4.90 Å². The predicted molar refractivity (Wildman–Crippen MR) is 60.4 cm³/mol. The number of nitrogens with one attached hydrogen (secondary N) is 1. The lowest BCUT2D eigenvalue weighted by atomic mass is 9.98. The maximum Gasteiger partial charge on any atom is 0.0264 e. The maximum atomic E-state index is 3.53. The first-order chi connectivity index (χ1) is 6.74. The van der Waals surface area contributed by atoms with Crippen molar-refractivity contribution in [3.8, 4) is 0 Å². The Labute approximate surface area is 88.1 Å². The van der Waals surface area contributed by atoms with E-state index in [9.17, 15) is 0 Å². The lowest BCUT2D eigenvalue weighted by Gasteiger charge is -2.34. The molecule has 2 aliphatic heterocycles. The topological polar surface area (TPSA) is 15.3 Å². The molecule has 1 N–H and O–H groups in total. The van der Waals surface area contributed by atoms with Crippen LogP contribution in [0, 0.1) is 11.8 Å². The highest BCUT2D eigenvalue weighted by atomic mass is 15.3. The van der Waals surface area contributed by atoms with Gasteiger partial charge in [0.1, 0.15) is 0 Å². The molecule has 2 heteroatoms. The second-order valence-electron chi connectivity index (χ2n) is 5.23. The summed E-state index contributed by atoms with van der Waals surface area (Å²) < 4.78 is 0. The zero-order chi connectivity index (χ0) is 10.1. The molecule has 0 aromatic carbocycles. The molecule has 2 rings (SSSR count). The first-order valence-electron chi connectivity index (χ1n) is 6.20. The molecule has 0 aromatic heterocycles. The smallest absolute Gasteiger partial charge is 0.0264 e. The van der Waals surface area contributed by atoms with Crippen LogP contribution in [-0.4, -0.2) is 36.6 Å². The van der Waals surface area contributed by atoms with Gasteiger partial charge in [0.2, 0.25) is 0 Å². The van der Waals surface area contributed by atoms with E-state index >= 15 is 0 Å². The van der Waals surface area contributed by atoms with Crippen molar-refractivity contribution >= 4 is 0 Å². The standard InChI is InChI=1S/C12H24N2/c1-4-11(9(2)3)14-6-5-10-7-13-8-12(10)14/h9-13H,4-8H2,1-3H3/t10-,11?,12+/m1/s1. The molecule has 0 saturated carbocycles. The summed E-state index contributed by atoms with van der Waals surface area (Å²) in [7, 11) is 0. The van der Waals surface area contributed by atoms with Gasteiger partial charge in [-0.05, 0) is 37.8 Å². The van der Waals surface area contributed by atoms with Crippen molar-refractivity contribution in [1.82, 2.24) is 10.2 Å². The SMILES string of the molecule is CCC(C(C)C)N1CC[C@@H]2CNC[C@@H]21. The van der Waals surface area contributed by atoms with Gasteiger partial charge in [0.05, 0.1) is 0 Å². The summed E-state index contributed by atoms with van der Waals surface area (Å²) in [6.07, 6.45) is 2.72. The number of rotatable bonds is 3. The van der Waals surface area contributed by atoms with Gasteiger partial charge in [-0.15, -0.1) is 0 Å². The molecule has 2 nitrogen and oxygen atoms in total. The van der Waals surface area contributed by atoms with Crippen LogP contribution in [0.2, 0.25) is 0 Å². The average molecular weight is 196 g/mol. The molecule has 3 atom stereocenters. The Morgan fingerprint density at radius 1 is 1.36 bits per heavy atom. The van der Waals surface area contributed by atoms with Crippen LogP contribution in [0.4, 0.5) is 0 Å². The van der Waals surface area contributed by atoms with Crippen molar-refractivity contribution in [3.63, 3.8) is 0 Å². The minimum Gasteiger partial charge on any atom is -0.315 e. The van der Waals surface area contributed by atoms with Crippen molar-refractivity contribution < 1.29 is 0 Å². The van der Waals surface area contributed by atoms with Gasteiger partial charge in [-0.1, -0.05) is 20.8 Å². The van der Waals surface area contributed by atoms with Gasteiger partial charge in [0.15, 0.2) is 0 Å². The van der Waals surface area contributed by atoms with Crippen LogP contribution < -0.4 is 5.32 Å². The fourth-order valence-corrected chi connectivity index (χ4v) is 3.38. The number of fused-ring (bicyclic) bond motifs is 1. The molecule has 0 radical (unpaired) electrons. The van der Waals surface area contributed by atoms with Crippen LogP contribution in [0.1, 0.15) is 33.6 Å². The summed E-state index contributed by atoms with van der Waals surface area (Å²) in [6.45, 7) is 10.9. The highest BCUT2D eigenvalue weighted by Crippen LogP contribution is 2.31. The molecule has 0 aromatic rings. The Hall–Kier alpha value is -0.0800. The normalized spacial score (nSPS) is 35.1. The predicted octanol–water partition coefficient (Wildman–Crippen LogP) is 1.71. The van der Waals surface area contributed by atoms with Crippen LogP contribution in [0.15, 0.2) is 0 Å². The van der Waals surface area contributed by atoms with E-state index < -0.39 is 0 Å². The second-order valence-corrected chi connectivity index (χ2v) is 5.23. The fraction of sp³-hybridized carbons (Fsp3) is 1.00. The largest absolute Gasteiger partial charge is 0.315 e. The molecule has 2 aliphatic rings. The van der Waals surface area contributed by atoms with E-state index in [2.05, 4.69) is 31.0 Å². The van der Waals surface area contributed by atoms with Gasteiger partial charge in [-0.2, -0.15) is 0 Å². The van der Waals surface area contributed by atoms with E-state index in [4.69, 9.17) is 0 Å². The summed E-state index contributed by atoms with van der Waals surface area (Å²) in [5, 5.41) is 3.53. The molecule has 14 heavy (non-hydrogen) atoms. The highest BCUT2D eigenvalue weighted by molar-refractivity contribution is 4.97. The number of likely N-dealkylation sites (tertiary alicyclic amines) is 1. The summed E-state index contributed by atoms with van der Waals surface area (Å²) >= 11 is 0. The van der Waals surface area contributed by atoms with E-state index in [1.165, 1.54) is 32.5 Å². The van der Waals surface area contributed by atoms with Gasteiger partial charge >= 0.3 is 0 Å². The van der Waals surface area contributed by atoms with E-state index in [0.717, 1.165) is 23.9 Å². The Balaban J connectivity index is 2.02. The zero-order valence-electron chi connectivity index (χ0n) is 9.79. The minimum atomic E-state index is 0.805. The summed E-state index contributed by atoms with van der Waals surface area (Å²) in [6, 6.07) is 1.66. The van der Waals surface area contributed by atoms with Crippen molar-refractivity contribution in [2.45, 2.75) is 45.7 Å². The second kappa shape index (κ2) is 4.19. The van der Waals surface area contributed by atoms with Crippen molar-refractivity contribution in [1.29, 1.82) is 0 Å². The van der Waals surface area contributed by atoms with Crippen LogP contribution in [0.3, 0.4) is 0 Å². The van der Waals surface area contributed by atoms with Gasteiger partial charge < -0.3 is 5.32 Å². The zero-order valence-corrected chi connectivity index (χ0v) is 9.79. The molecule has 2 fully saturated rings.